The molecule has 3 atom stereocenters. The molecule has 3 heterocycles. The number of hydrogen-bond donors (Lipinski definition) is 1. The van der Waals surface area contributed by atoms with Crippen LogP contribution in [0, 0.1) is 12.8 Å². The van der Waals surface area contributed by atoms with Gasteiger partial charge in [-0.15, -0.1) is 0 Å². The third-order valence-electron chi connectivity index (χ3n) is 8.48. The van der Waals surface area contributed by atoms with E-state index >= 15 is 0 Å². The second-order valence-electron chi connectivity index (χ2n) is 11.6. The van der Waals surface area contributed by atoms with Gasteiger partial charge in [-0.05, 0) is 48.2 Å². The molecule has 0 radical (unpaired) electrons. The van der Waals surface area contributed by atoms with Gasteiger partial charge in [-0.25, -0.2) is 4.90 Å². The van der Waals surface area contributed by atoms with E-state index in [4.69, 9.17) is 0 Å². The van der Waals surface area contributed by atoms with Crippen molar-refractivity contribution in [2.75, 3.05) is 29.2 Å². The number of amides is 3. The Kier molecular flexibility index (Phi) is 7.33. The lowest BCUT2D eigenvalue weighted by molar-refractivity contribution is -0.122. The molecule has 1 N–H and O–H groups in total. The lowest BCUT2D eigenvalue weighted by Gasteiger charge is -2.31. The summed E-state index contributed by atoms with van der Waals surface area (Å²) in [7, 11) is 3.91. The van der Waals surface area contributed by atoms with Gasteiger partial charge in [0.1, 0.15) is 11.8 Å². The number of benzene rings is 4. The van der Waals surface area contributed by atoms with E-state index in [0.717, 1.165) is 38.9 Å². The smallest absolute Gasteiger partial charge is 0.308 e. The van der Waals surface area contributed by atoms with Crippen LogP contribution < -0.4 is 20.0 Å². The van der Waals surface area contributed by atoms with Crippen LogP contribution in [0.5, 0.6) is 0 Å². The van der Waals surface area contributed by atoms with Crippen LogP contribution in [-0.4, -0.2) is 41.6 Å². The first-order valence-electron chi connectivity index (χ1n) is 14.6. The van der Waals surface area contributed by atoms with Gasteiger partial charge < -0.3 is 10.2 Å². The molecule has 8 nitrogen and oxygen atoms in total. The highest BCUT2D eigenvalue weighted by atomic mass is 32.2. The fourth-order valence-corrected chi connectivity index (χ4v) is 8.98. The first kappa shape index (κ1) is 29.1. The largest absolute Gasteiger partial charge is 0.378 e. The summed E-state index contributed by atoms with van der Waals surface area (Å²) in [6, 6.07) is 28.7. The van der Waals surface area contributed by atoms with Crippen molar-refractivity contribution in [2.24, 2.45) is 5.92 Å². The number of anilines is 3. The molecule has 0 bridgehead atoms. The normalized spacial score (nSPS) is 19.0. The zero-order valence-electron chi connectivity index (χ0n) is 24.9. The molecule has 5 aromatic rings. The Morgan fingerprint density at radius 2 is 1.58 bits per heavy atom. The Morgan fingerprint density at radius 3 is 2.31 bits per heavy atom. The van der Waals surface area contributed by atoms with Crippen LogP contribution in [-0.2, 0) is 20.9 Å². The van der Waals surface area contributed by atoms with Crippen molar-refractivity contribution < 1.29 is 14.4 Å². The molecule has 0 spiro atoms. The lowest BCUT2D eigenvalue weighted by Crippen LogP contribution is -2.33. The number of hydrogen-bond acceptors (Lipinski definition) is 7. The third kappa shape index (κ3) is 5.04. The van der Waals surface area contributed by atoms with E-state index in [1.165, 1.54) is 21.2 Å². The summed E-state index contributed by atoms with van der Waals surface area (Å²) in [5.74, 6) is -2.16. The Balaban J connectivity index is 1.28. The van der Waals surface area contributed by atoms with Crippen molar-refractivity contribution in [2.45, 2.75) is 29.7 Å². The Labute approximate surface area is 268 Å². The quantitative estimate of drug-likeness (QED) is 0.235. The van der Waals surface area contributed by atoms with Crippen LogP contribution in [0.2, 0.25) is 0 Å². The second-order valence-corrected chi connectivity index (χ2v) is 13.7. The van der Waals surface area contributed by atoms with Gasteiger partial charge in [0.2, 0.25) is 17.7 Å². The molecule has 7 rings (SSSR count). The maximum absolute atomic E-state index is 14.1. The number of carbonyl (C=O) groups is 3. The van der Waals surface area contributed by atoms with Crippen molar-refractivity contribution in [3.63, 3.8) is 0 Å². The van der Waals surface area contributed by atoms with Gasteiger partial charge in [0.05, 0.1) is 16.6 Å². The number of nitrogens with zero attached hydrogens (tertiary/aromatic N) is 3. The highest BCUT2D eigenvalue weighted by Crippen LogP contribution is 2.54. The van der Waals surface area contributed by atoms with E-state index in [2.05, 4.69) is 5.32 Å². The van der Waals surface area contributed by atoms with Gasteiger partial charge in [-0.2, -0.15) is 0 Å². The summed E-state index contributed by atoms with van der Waals surface area (Å²) in [6.07, 6.45) is 0. The predicted octanol–water partition coefficient (Wildman–Crippen LogP) is 5.87. The summed E-state index contributed by atoms with van der Waals surface area (Å²) in [4.78, 5) is 58.7. The van der Waals surface area contributed by atoms with E-state index < -0.39 is 17.1 Å². The maximum Gasteiger partial charge on any atom is 0.308 e. The predicted molar refractivity (Wildman–Crippen MR) is 181 cm³/mol. The molecule has 0 unspecified atom stereocenters. The van der Waals surface area contributed by atoms with Gasteiger partial charge in [-0.3, -0.25) is 23.7 Å². The number of fused-ring (bicyclic) bond motifs is 3. The number of imide groups is 1. The van der Waals surface area contributed by atoms with Gasteiger partial charge in [0.15, 0.2) is 0 Å². The van der Waals surface area contributed by atoms with Gasteiger partial charge in [0.25, 0.3) is 0 Å². The van der Waals surface area contributed by atoms with Crippen LogP contribution in [0.4, 0.5) is 17.1 Å². The van der Waals surface area contributed by atoms with Crippen molar-refractivity contribution in [1.29, 1.82) is 0 Å². The van der Waals surface area contributed by atoms with Crippen molar-refractivity contribution >= 4 is 68.7 Å². The molecular formula is C35H30N4O4S2. The fourth-order valence-electron chi connectivity index (χ4n) is 6.21. The molecular weight excluding hydrogens is 605 g/mol. The average Bonchev–Trinajstić information content (AvgIpc) is 3.48. The molecule has 3 amide bonds. The Hall–Kier alpha value is -4.67. The lowest BCUT2D eigenvalue weighted by atomic mass is 9.83. The summed E-state index contributed by atoms with van der Waals surface area (Å²) in [5.41, 5.74) is 4.05. The number of nitrogens with one attached hydrogen (secondary N) is 1. The standard InChI is InChI=1S/C35H30N4O4S2/c1-20-11-15-24(16-12-20)39-32(41)29-28(22-13-17-23(18-14-22)37(2)3)31-34(44-30(29)33(39)42)38(35(43)45-31)19-27(40)36-26-10-6-8-21-7-4-5-9-25(21)26/h4-18,28-30H,19H2,1-3H3,(H,36,40)/t28-,29-,30+/m0/s1. The SMILES string of the molecule is Cc1ccc(N2C(=O)[C@H]3[C@H](c4ccc(N(C)C)cc4)c4sc(=O)n(CC(=O)Nc5cccc6ccccc56)c4S[C@H]3C2=O)cc1. The molecule has 2 aliphatic heterocycles. The topological polar surface area (TPSA) is 91.7 Å². The summed E-state index contributed by atoms with van der Waals surface area (Å²) < 4.78 is 1.45. The van der Waals surface area contributed by atoms with E-state index in [9.17, 15) is 19.2 Å². The van der Waals surface area contributed by atoms with E-state index in [1.807, 2.05) is 105 Å². The number of thioether (sulfide) groups is 1. The average molecular weight is 635 g/mol. The summed E-state index contributed by atoms with van der Waals surface area (Å²) >= 11 is 2.27. The summed E-state index contributed by atoms with van der Waals surface area (Å²) in [6.45, 7) is 1.74. The van der Waals surface area contributed by atoms with E-state index in [0.29, 0.717) is 21.3 Å². The van der Waals surface area contributed by atoms with Crippen LogP contribution >= 0.6 is 23.1 Å². The third-order valence-corrected chi connectivity index (χ3v) is 11.1. The minimum atomic E-state index is -0.744. The van der Waals surface area contributed by atoms with Crippen molar-refractivity contribution in [3.05, 3.63) is 117 Å². The van der Waals surface area contributed by atoms with Crippen molar-refractivity contribution in [1.82, 2.24) is 4.57 Å². The van der Waals surface area contributed by atoms with Crippen LogP contribution in [0.3, 0.4) is 0 Å². The molecule has 1 saturated heterocycles. The van der Waals surface area contributed by atoms with Crippen LogP contribution in [0.1, 0.15) is 21.9 Å². The Bertz CT molecular complexity index is 2030. The molecule has 2 aliphatic rings. The first-order valence-corrected chi connectivity index (χ1v) is 16.3. The molecule has 45 heavy (non-hydrogen) atoms. The first-order chi connectivity index (χ1) is 21.7. The van der Waals surface area contributed by atoms with Crippen LogP contribution in [0.15, 0.2) is 101 Å². The van der Waals surface area contributed by atoms with E-state index in [1.54, 1.807) is 12.1 Å². The Morgan fingerprint density at radius 1 is 0.867 bits per heavy atom. The maximum atomic E-state index is 14.1. The number of thiazole rings is 1. The summed E-state index contributed by atoms with van der Waals surface area (Å²) in [5, 5.41) is 4.69. The number of rotatable bonds is 6. The molecule has 0 saturated carbocycles. The molecule has 0 aliphatic carbocycles. The zero-order valence-corrected chi connectivity index (χ0v) is 26.5. The second kappa shape index (κ2) is 11.4. The molecule has 226 valence electrons. The highest BCUT2D eigenvalue weighted by Gasteiger charge is 2.56. The fraction of sp³-hybridized carbons (Fsp3) is 0.200. The number of aromatic nitrogens is 1. The van der Waals surface area contributed by atoms with Gasteiger partial charge >= 0.3 is 4.87 Å². The zero-order chi connectivity index (χ0) is 31.4. The molecule has 4 aromatic carbocycles. The number of aryl methyl sites for hydroxylation is 1. The van der Waals surface area contributed by atoms with Gasteiger partial charge in [0, 0.05) is 41.7 Å². The molecule has 1 aromatic heterocycles. The molecule has 10 heteroatoms. The monoisotopic (exact) mass is 634 g/mol. The van der Waals surface area contributed by atoms with E-state index in [-0.39, 0.29) is 29.1 Å². The van der Waals surface area contributed by atoms with Crippen LogP contribution in [0.25, 0.3) is 10.8 Å². The minimum Gasteiger partial charge on any atom is -0.378 e. The highest BCUT2D eigenvalue weighted by molar-refractivity contribution is 8.00. The minimum absolute atomic E-state index is 0.214. The molecule has 1 fully saturated rings. The number of carbonyl (C=O) groups excluding carboxylic acids is 3. The van der Waals surface area contributed by atoms with Gasteiger partial charge in [-0.1, -0.05) is 89.3 Å². The van der Waals surface area contributed by atoms with Crippen molar-refractivity contribution in [3.8, 4) is 0 Å².